The van der Waals surface area contributed by atoms with Crippen LogP contribution in [0.3, 0.4) is 0 Å². The topological polar surface area (TPSA) is 158 Å². The quantitative estimate of drug-likeness (QED) is 0.368. The summed E-state index contributed by atoms with van der Waals surface area (Å²) in [6.07, 6.45) is 0.121. The zero-order valence-electron chi connectivity index (χ0n) is 10.1. The van der Waals surface area contributed by atoms with Crippen LogP contribution in [-0.4, -0.2) is 44.5 Å². The molecule has 0 saturated heterocycles. The second-order valence-electron chi connectivity index (χ2n) is 3.35. The van der Waals surface area contributed by atoms with Crippen molar-refractivity contribution in [2.45, 2.75) is 38.5 Å². The molecule has 0 aromatic rings. The molecule has 0 spiro atoms. The Morgan fingerprint density at radius 3 is 1.26 bits per heavy atom. The minimum Gasteiger partial charge on any atom is -0.481 e. The summed E-state index contributed by atoms with van der Waals surface area (Å²) in [7, 11) is 0. The van der Waals surface area contributed by atoms with Gasteiger partial charge in [0.1, 0.15) is 0 Å². The van der Waals surface area contributed by atoms with E-state index in [1.165, 1.54) is 0 Å². The molecule has 4 N–H and O–H groups in total. The Kier molecular flexibility index (Phi) is 12.4. The van der Waals surface area contributed by atoms with Gasteiger partial charge in [-0.15, -0.1) is 0 Å². The molecule has 0 aromatic carbocycles. The van der Waals surface area contributed by atoms with Crippen molar-refractivity contribution in [3.8, 4) is 0 Å². The van der Waals surface area contributed by atoms with Crippen LogP contribution in [0.2, 0.25) is 0 Å². The molecule has 9 heteroatoms. The van der Waals surface area contributed by atoms with Crippen molar-refractivity contribution in [1.29, 1.82) is 0 Å². The van der Waals surface area contributed by atoms with Gasteiger partial charge in [-0.1, -0.05) is 0 Å². The van der Waals surface area contributed by atoms with Crippen LogP contribution in [0.25, 0.3) is 0 Å². The molecule has 0 aromatic heterocycles. The van der Waals surface area contributed by atoms with Crippen molar-refractivity contribution < 1.29 is 44.6 Å². The molecular formula is C10H16O9. The van der Waals surface area contributed by atoms with Crippen molar-refractivity contribution in [2.75, 3.05) is 0 Å². The lowest BCUT2D eigenvalue weighted by molar-refractivity contribution is -0.234. The maximum absolute atomic E-state index is 10.1. The number of carboxylic acid groups (broad SMARTS) is 3. The Bertz CT molecular complexity index is 296. The van der Waals surface area contributed by atoms with Crippen LogP contribution in [-0.2, 0) is 24.1 Å². The predicted octanol–water partition coefficient (Wildman–Crippen LogP) is 0.583. The van der Waals surface area contributed by atoms with E-state index in [4.69, 9.17) is 20.6 Å². The molecule has 19 heavy (non-hydrogen) atoms. The van der Waals surface area contributed by atoms with Gasteiger partial charge in [-0.05, 0) is 12.8 Å². The molecule has 0 aliphatic carbocycles. The third kappa shape index (κ3) is 21.6. The molecule has 0 atom stereocenters. The van der Waals surface area contributed by atoms with E-state index in [1.807, 2.05) is 0 Å². The van der Waals surface area contributed by atoms with Crippen LogP contribution < -0.4 is 0 Å². The molecule has 110 valence electrons. The van der Waals surface area contributed by atoms with E-state index in [0.29, 0.717) is 0 Å². The van der Waals surface area contributed by atoms with Gasteiger partial charge in [0.15, 0.2) is 0 Å². The van der Waals surface area contributed by atoms with E-state index >= 15 is 0 Å². The maximum atomic E-state index is 10.1. The zero-order chi connectivity index (χ0) is 15.3. The summed E-state index contributed by atoms with van der Waals surface area (Å²) in [5.41, 5.74) is 0. The third-order valence-electron chi connectivity index (χ3n) is 1.65. The number of carboxylic acids is 3. The van der Waals surface area contributed by atoms with Gasteiger partial charge >= 0.3 is 23.9 Å². The average Bonchev–Trinajstić information content (AvgIpc) is 2.28. The van der Waals surface area contributed by atoms with Crippen LogP contribution in [0.1, 0.15) is 38.5 Å². The molecular weight excluding hydrogens is 264 g/mol. The van der Waals surface area contributed by atoms with Crippen molar-refractivity contribution in [3.05, 3.63) is 0 Å². The molecule has 0 saturated carbocycles. The monoisotopic (exact) mass is 280 g/mol. The molecule has 0 unspecified atom stereocenters. The van der Waals surface area contributed by atoms with E-state index in [1.54, 1.807) is 0 Å². The third-order valence-corrected chi connectivity index (χ3v) is 1.65. The normalized spacial score (nSPS) is 8.89. The highest BCUT2D eigenvalue weighted by atomic mass is 17.1. The molecule has 0 amide bonds. The smallest absolute Gasteiger partial charge is 0.342 e. The average molecular weight is 280 g/mol. The molecule has 0 aliphatic rings. The Morgan fingerprint density at radius 2 is 1.00 bits per heavy atom. The van der Waals surface area contributed by atoms with Gasteiger partial charge in [0.25, 0.3) is 0 Å². The molecule has 0 rings (SSSR count). The van der Waals surface area contributed by atoms with Crippen LogP contribution in [0.15, 0.2) is 0 Å². The Morgan fingerprint density at radius 1 is 0.684 bits per heavy atom. The highest BCUT2D eigenvalue weighted by Gasteiger charge is 2.03. The van der Waals surface area contributed by atoms with Gasteiger partial charge in [0, 0.05) is 25.7 Å². The fraction of sp³-hybridized carbons (Fsp3) is 0.600. The Balaban J connectivity index is 0. The molecule has 9 nitrogen and oxygen atoms in total. The molecule has 0 heterocycles. The summed E-state index contributed by atoms with van der Waals surface area (Å²) in [6.45, 7) is 0. The first kappa shape index (κ1) is 19.2. The fourth-order valence-corrected chi connectivity index (χ4v) is 0.820. The molecule has 0 radical (unpaired) electrons. The minimum absolute atomic E-state index is 0.0632. The molecule has 0 bridgehead atoms. The van der Waals surface area contributed by atoms with Gasteiger partial charge < -0.3 is 20.2 Å². The van der Waals surface area contributed by atoms with E-state index < -0.39 is 23.9 Å². The summed E-state index contributed by atoms with van der Waals surface area (Å²) >= 11 is 0. The van der Waals surface area contributed by atoms with E-state index in [0.717, 1.165) is 0 Å². The van der Waals surface area contributed by atoms with Gasteiger partial charge in [-0.3, -0.25) is 14.4 Å². The first-order valence-corrected chi connectivity index (χ1v) is 5.29. The van der Waals surface area contributed by atoms with Gasteiger partial charge in [-0.2, -0.15) is 5.26 Å². The largest absolute Gasteiger partial charge is 0.481 e. The number of carbonyl (C=O) groups excluding carboxylic acids is 1. The number of aliphatic carboxylic acids is 3. The summed E-state index contributed by atoms with van der Waals surface area (Å²) in [5.74, 6) is -3.67. The summed E-state index contributed by atoms with van der Waals surface area (Å²) < 4.78 is 0. The first-order chi connectivity index (χ1) is 8.79. The highest BCUT2D eigenvalue weighted by molar-refractivity contribution is 5.71. The molecule has 0 aliphatic heterocycles. The standard InChI is InChI=1S/C5H8O5.C5H8O4/c6-4(7)2-1-3-5(8)10-9;6-4(7)2-1-3-5(8)9/h9H,1-3H2,(H,6,7);1-3H2,(H,6,7)(H,8,9). The second kappa shape index (κ2) is 12.3. The van der Waals surface area contributed by atoms with E-state index in [-0.39, 0.29) is 38.5 Å². The number of rotatable bonds is 8. The Labute approximate surface area is 108 Å². The lowest BCUT2D eigenvalue weighted by Gasteiger charge is -1.92. The SMILES string of the molecule is O=C(O)CCCC(=O)O.O=C(O)CCCC(=O)OO. The van der Waals surface area contributed by atoms with Crippen molar-refractivity contribution in [1.82, 2.24) is 0 Å². The van der Waals surface area contributed by atoms with Crippen LogP contribution in [0.4, 0.5) is 0 Å². The van der Waals surface area contributed by atoms with Crippen LogP contribution >= 0.6 is 0 Å². The van der Waals surface area contributed by atoms with Gasteiger partial charge in [-0.25, -0.2) is 4.79 Å². The number of carbonyl (C=O) groups is 4. The number of hydrogen-bond donors (Lipinski definition) is 4. The van der Waals surface area contributed by atoms with Gasteiger partial charge in [0.05, 0.1) is 0 Å². The van der Waals surface area contributed by atoms with Crippen molar-refractivity contribution >= 4 is 23.9 Å². The maximum Gasteiger partial charge on any atom is 0.342 e. The van der Waals surface area contributed by atoms with Gasteiger partial charge in [0.2, 0.25) is 0 Å². The fourth-order valence-electron chi connectivity index (χ4n) is 0.820. The zero-order valence-corrected chi connectivity index (χ0v) is 10.1. The summed E-state index contributed by atoms with van der Waals surface area (Å²) in [5, 5.41) is 31.9. The van der Waals surface area contributed by atoms with Crippen LogP contribution in [0, 0.1) is 0 Å². The second-order valence-corrected chi connectivity index (χ2v) is 3.35. The number of hydrogen-bond acceptors (Lipinski definition) is 6. The van der Waals surface area contributed by atoms with E-state index in [9.17, 15) is 19.2 Å². The highest BCUT2D eigenvalue weighted by Crippen LogP contribution is 1.96. The predicted molar refractivity (Wildman–Crippen MR) is 59.3 cm³/mol. The Hall–Kier alpha value is -2.16. The van der Waals surface area contributed by atoms with Crippen LogP contribution in [0.5, 0.6) is 0 Å². The first-order valence-electron chi connectivity index (χ1n) is 5.29. The van der Waals surface area contributed by atoms with Crippen molar-refractivity contribution in [2.24, 2.45) is 0 Å². The summed E-state index contributed by atoms with van der Waals surface area (Å²) in [6, 6.07) is 0. The molecule has 0 fully saturated rings. The van der Waals surface area contributed by atoms with Crippen molar-refractivity contribution in [3.63, 3.8) is 0 Å². The minimum atomic E-state index is -0.967. The lowest BCUT2D eigenvalue weighted by atomic mass is 10.2. The van der Waals surface area contributed by atoms with E-state index in [2.05, 4.69) is 4.89 Å². The lowest BCUT2D eigenvalue weighted by Crippen LogP contribution is -2.02. The summed E-state index contributed by atoms with van der Waals surface area (Å²) in [4.78, 5) is 42.9.